The van der Waals surface area contributed by atoms with Crippen LogP contribution in [-0.2, 0) is 11.2 Å². The number of fused-ring (bicyclic) bond motifs is 2. The van der Waals surface area contributed by atoms with Crippen LogP contribution in [0.4, 0.5) is 11.4 Å². The zero-order chi connectivity index (χ0) is 15.0. The van der Waals surface area contributed by atoms with Gasteiger partial charge in [0.15, 0.2) is 0 Å². The van der Waals surface area contributed by atoms with Gasteiger partial charge in [-0.25, -0.2) is 0 Å². The first kappa shape index (κ1) is 14.1. The summed E-state index contributed by atoms with van der Waals surface area (Å²) in [4.78, 5) is 17.0. The number of amides is 1. The van der Waals surface area contributed by atoms with Crippen LogP contribution in [0, 0.1) is 5.92 Å². The normalized spacial score (nSPS) is 20.5. The number of methoxy groups -OCH3 is 1. The molecule has 0 radical (unpaired) electrons. The van der Waals surface area contributed by atoms with Crippen molar-refractivity contribution in [3.8, 4) is 5.75 Å². The minimum Gasteiger partial charge on any atom is -0.496 e. The maximum Gasteiger partial charge on any atom is 0.233 e. The Labute approximate surface area is 128 Å². The van der Waals surface area contributed by atoms with Gasteiger partial charge in [0, 0.05) is 11.1 Å². The van der Waals surface area contributed by atoms with Crippen LogP contribution in [0.5, 0.6) is 5.75 Å². The number of carbonyl (C=O) groups is 1. The van der Waals surface area contributed by atoms with E-state index in [4.69, 9.17) is 16.3 Å². The average Bonchev–Trinajstić information content (AvgIpc) is 2.60. The molecule has 3 rings (SSSR count). The number of allylic oxidation sites excluding steroid dienone is 2. The van der Waals surface area contributed by atoms with Crippen molar-refractivity contribution in [3.05, 3.63) is 28.8 Å². The molecule has 0 saturated carbocycles. The molecule has 2 aliphatic rings. The predicted molar refractivity (Wildman–Crippen MR) is 84.8 cm³/mol. The highest BCUT2D eigenvalue weighted by atomic mass is 35.5. The number of hydrogen-bond donors (Lipinski definition) is 1. The molecular formula is C16H17ClN2O2. The lowest BCUT2D eigenvalue weighted by Crippen LogP contribution is -2.29. The average molecular weight is 305 g/mol. The van der Waals surface area contributed by atoms with Crippen molar-refractivity contribution in [2.24, 2.45) is 10.9 Å². The van der Waals surface area contributed by atoms with Gasteiger partial charge >= 0.3 is 0 Å². The Kier molecular flexibility index (Phi) is 3.72. The van der Waals surface area contributed by atoms with E-state index in [1.54, 1.807) is 7.11 Å². The SMILES string of the molecule is CCc1cc2c(cc1OC)N=C1C=C(Cl)CCC1C(=O)N2. The molecule has 5 heteroatoms. The topological polar surface area (TPSA) is 50.7 Å². The molecule has 1 heterocycles. The number of anilines is 1. The van der Waals surface area contributed by atoms with Crippen molar-refractivity contribution in [3.63, 3.8) is 0 Å². The highest BCUT2D eigenvalue weighted by Gasteiger charge is 2.30. The van der Waals surface area contributed by atoms with Crippen molar-refractivity contribution in [2.45, 2.75) is 26.2 Å². The lowest BCUT2D eigenvalue weighted by Gasteiger charge is -2.18. The number of nitrogens with zero attached hydrogens (tertiary/aromatic N) is 1. The largest absolute Gasteiger partial charge is 0.496 e. The predicted octanol–water partition coefficient (Wildman–Crippen LogP) is 3.81. The molecule has 0 spiro atoms. The number of ether oxygens (including phenoxy) is 1. The number of benzene rings is 1. The van der Waals surface area contributed by atoms with Crippen LogP contribution in [0.15, 0.2) is 28.2 Å². The monoisotopic (exact) mass is 304 g/mol. The number of carbonyl (C=O) groups excluding carboxylic acids is 1. The highest BCUT2D eigenvalue weighted by molar-refractivity contribution is 6.33. The summed E-state index contributed by atoms with van der Waals surface area (Å²) in [5, 5.41) is 3.73. The van der Waals surface area contributed by atoms with Gasteiger partial charge < -0.3 is 10.1 Å². The number of aryl methyl sites for hydroxylation is 1. The summed E-state index contributed by atoms with van der Waals surface area (Å²) in [5.74, 6) is 0.551. The van der Waals surface area contributed by atoms with Crippen LogP contribution < -0.4 is 10.1 Å². The Morgan fingerprint density at radius 1 is 1.48 bits per heavy atom. The van der Waals surface area contributed by atoms with E-state index in [1.807, 2.05) is 18.2 Å². The standard InChI is InChI=1S/C16H17ClN2O2/c1-3-9-6-13-14(8-15(9)21-2)18-12-7-10(17)4-5-11(12)16(20)19-13/h6-8,11H,3-5H2,1-2H3,(H,19,20). The number of hydrogen-bond acceptors (Lipinski definition) is 3. The van der Waals surface area contributed by atoms with Gasteiger partial charge in [0.2, 0.25) is 5.91 Å². The number of rotatable bonds is 2. The lowest BCUT2D eigenvalue weighted by molar-refractivity contribution is -0.118. The van der Waals surface area contributed by atoms with Crippen molar-refractivity contribution in [1.29, 1.82) is 0 Å². The Morgan fingerprint density at radius 3 is 3.00 bits per heavy atom. The molecular weight excluding hydrogens is 288 g/mol. The summed E-state index contributed by atoms with van der Waals surface area (Å²) in [7, 11) is 1.64. The van der Waals surface area contributed by atoms with E-state index in [0.29, 0.717) is 6.42 Å². The highest BCUT2D eigenvalue weighted by Crippen LogP contribution is 2.38. The van der Waals surface area contributed by atoms with Crippen LogP contribution in [0.3, 0.4) is 0 Å². The molecule has 1 aromatic carbocycles. The molecule has 0 saturated heterocycles. The van der Waals surface area contributed by atoms with E-state index in [1.165, 1.54) is 0 Å². The van der Waals surface area contributed by atoms with Crippen LogP contribution in [0.1, 0.15) is 25.3 Å². The molecule has 0 bridgehead atoms. The molecule has 1 unspecified atom stereocenters. The van der Waals surface area contributed by atoms with Gasteiger partial charge in [-0.2, -0.15) is 0 Å². The second-order valence-electron chi connectivity index (χ2n) is 5.24. The molecule has 4 nitrogen and oxygen atoms in total. The summed E-state index contributed by atoms with van der Waals surface area (Å²) in [5.41, 5.74) is 3.24. The summed E-state index contributed by atoms with van der Waals surface area (Å²) >= 11 is 6.09. The van der Waals surface area contributed by atoms with Gasteiger partial charge in [-0.15, -0.1) is 0 Å². The van der Waals surface area contributed by atoms with Gasteiger partial charge in [-0.05, 0) is 37.0 Å². The maximum absolute atomic E-state index is 12.4. The smallest absolute Gasteiger partial charge is 0.233 e. The van der Waals surface area contributed by atoms with Crippen LogP contribution >= 0.6 is 11.6 Å². The third-order valence-corrected chi connectivity index (χ3v) is 4.24. The van der Waals surface area contributed by atoms with Crippen LogP contribution in [0.2, 0.25) is 0 Å². The van der Waals surface area contributed by atoms with Crippen molar-refractivity contribution in [2.75, 3.05) is 12.4 Å². The molecule has 0 aromatic heterocycles. The quantitative estimate of drug-likeness (QED) is 0.903. The fourth-order valence-electron chi connectivity index (χ4n) is 2.77. The molecule has 0 fully saturated rings. The van der Waals surface area contributed by atoms with Gasteiger partial charge in [-0.1, -0.05) is 18.5 Å². The Balaban J connectivity index is 2.14. The second-order valence-corrected chi connectivity index (χ2v) is 5.73. The minimum absolute atomic E-state index is 0.0138. The molecule has 21 heavy (non-hydrogen) atoms. The Hall–Kier alpha value is -1.81. The fourth-order valence-corrected chi connectivity index (χ4v) is 2.99. The maximum atomic E-state index is 12.4. The van der Waals surface area contributed by atoms with E-state index < -0.39 is 0 Å². The molecule has 1 amide bonds. The molecule has 1 aromatic rings. The van der Waals surface area contributed by atoms with Gasteiger partial charge in [0.1, 0.15) is 5.75 Å². The first-order chi connectivity index (χ1) is 10.1. The molecule has 110 valence electrons. The Bertz CT molecular complexity index is 664. The van der Waals surface area contributed by atoms with E-state index >= 15 is 0 Å². The van der Waals surface area contributed by atoms with Crippen LogP contribution in [-0.4, -0.2) is 18.7 Å². The van der Waals surface area contributed by atoms with Gasteiger partial charge in [-0.3, -0.25) is 9.79 Å². The molecule has 1 N–H and O–H groups in total. The van der Waals surface area contributed by atoms with Gasteiger partial charge in [0.25, 0.3) is 0 Å². The minimum atomic E-state index is -0.226. The number of nitrogens with one attached hydrogen (secondary N) is 1. The summed E-state index contributed by atoms with van der Waals surface area (Å²) in [6.45, 7) is 2.05. The van der Waals surface area contributed by atoms with Crippen molar-refractivity contribution < 1.29 is 9.53 Å². The molecule has 1 aliphatic carbocycles. The van der Waals surface area contributed by atoms with E-state index in [-0.39, 0.29) is 11.8 Å². The molecule has 1 atom stereocenters. The zero-order valence-corrected chi connectivity index (χ0v) is 12.8. The van der Waals surface area contributed by atoms with E-state index in [9.17, 15) is 4.79 Å². The van der Waals surface area contributed by atoms with Gasteiger partial charge in [0.05, 0.1) is 30.1 Å². The number of aliphatic imine (C=N–C) groups is 1. The summed E-state index contributed by atoms with van der Waals surface area (Å²) < 4.78 is 5.40. The van der Waals surface area contributed by atoms with Crippen molar-refractivity contribution in [1.82, 2.24) is 0 Å². The zero-order valence-electron chi connectivity index (χ0n) is 12.1. The number of halogens is 1. The Morgan fingerprint density at radius 2 is 2.29 bits per heavy atom. The van der Waals surface area contributed by atoms with E-state index in [0.717, 1.165) is 46.3 Å². The van der Waals surface area contributed by atoms with Crippen molar-refractivity contribution >= 4 is 34.6 Å². The third kappa shape index (κ3) is 2.56. The van der Waals surface area contributed by atoms with Crippen LogP contribution in [0.25, 0.3) is 0 Å². The molecule has 1 aliphatic heterocycles. The van der Waals surface area contributed by atoms with E-state index in [2.05, 4.69) is 17.2 Å². The summed E-state index contributed by atoms with van der Waals surface area (Å²) in [6.07, 6.45) is 4.06. The fraction of sp³-hybridized carbons (Fsp3) is 0.375. The third-order valence-electron chi connectivity index (χ3n) is 3.94. The first-order valence-electron chi connectivity index (χ1n) is 7.08. The lowest BCUT2D eigenvalue weighted by atomic mass is 9.91. The summed E-state index contributed by atoms with van der Waals surface area (Å²) in [6, 6.07) is 3.82. The second kappa shape index (κ2) is 5.53. The first-order valence-corrected chi connectivity index (χ1v) is 7.46.